The number of carbonyl (C=O) groups is 1. The van der Waals surface area contributed by atoms with Crippen molar-refractivity contribution in [1.82, 2.24) is 30.0 Å². The average Bonchev–Trinajstić information content (AvgIpc) is 3.68. The number of nitrogens with zero attached hydrogens (tertiary/aromatic N) is 5. The Morgan fingerprint density at radius 1 is 1.08 bits per heavy atom. The van der Waals surface area contributed by atoms with Crippen molar-refractivity contribution in [3.05, 3.63) is 65.1 Å². The SMILES string of the molecule is CN1CC[C@@H](c2ncc3cc(CN4CC[C@H](Oc5ccc6c(c5)CN(C5CCCNC5)C6=O)C4)ccc3n2)C1. The van der Waals surface area contributed by atoms with Crippen molar-refractivity contribution in [3.8, 4) is 5.75 Å². The first-order chi connectivity index (χ1) is 19.1. The number of hydrogen-bond acceptors (Lipinski definition) is 7. The van der Waals surface area contributed by atoms with Gasteiger partial charge in [0.05, 0.1) is 5.52 Å². The number of hydrogen-bond donors (Lipinski definition) is 1. The number of aromatic nitrogens is 2. The van der Waals surface area contributed by atoms with Crippen LogP contribution in [0.15, 0.2) is 42.6 Å². The summed E-state index contributed by atoms with van der Waals surface area (Å²) in [5.74, 6) is 2.47. The Balaban J connectivity index is 0.959. The molecule has 1 unspecified atom stereocenters. The van der Waals surface area contributed by atoms with Crippen LogP contribution in [0.1, 0.15) is 58.9 Å². The molecule has 0 saturated carbocycles. The van der Waals surface area contributed by atoms with Crippen molar-refractivity contribution in [2.45, 2.75) is 56.8 Å². The van der Waals surface area contributed by atoms with Crippen molar-refractivity contribution < 1.29 is 9.53 Å². The zero-order valence-corrected chi connectivity index (χ0v) is 22.8. The van der Waals surface area contributed by atoms with E-state index in [0.29, 0.717) is 18.5 Å². The minimum absolute atomic E-state index is 0.162. The lowest BCUT2D eigenvalue weighted by Crippen LogP contribution is -2.46. The van der Waals surface area contributed by atoms with Gasteiger partial charge >= 0.3 is 0 Å². The Morgan fingerprint density at radius 3 is 2.87 bits per heavy atom. The van der Waals surface area contributed by atoms with Crippen LogP contribution in [0.5, 0.6) is 5.75 Å². The molecule has 0 spiro atoms. The maximum atomic E-state index is 13.0. The number of ether oxygens (including phenoxy) is 1. The molecule has 3 aromatic rings. The monoisotopic (exact) mass is 526 g/mol. The van der Waals surface area contributed by atoms with Crippen molar-refractivity contribution in [2.75, 3.05) is 46.3 Å². The van der Waals surface area contributed by atoms with Crippen molar-refractivity contribution in [3.63, 3.8) is 0 Å². The summed E-state index contributed by atoms with van der Waals surface area (Å²) < 4.78 is 6.42. The molecular weight excluding hydrogens is 488 g/mol. The van der Waals surface area contributed by atoms with Crippen LogP contribution in [0, 0.1) is 0 Å². The Morgan fingerprint density at radius 2 is 2.03 bits per heavy atom. The molecule has 1 N–H and O–H groups in total. The molecule has 3 fully saturated rings. The minimum atomic E-state index is 0.162. The van der Waals surface area contributed by atoms with E-state index in [0.717, 1.165) is 105 Å². The van der Waals surface area contributed by atoms with E-state index in [9.17, 15) is 4.79 Å². The van der Waals surface area contributed by atoms with Crippen LogP contribution < -0.4 is 10.1 Å². The fraction of sp³-hybridized carbons (Fsp3) is 0.516. The van der Waals surface area contributed by atoms with Crippen LogP contribution in [-0.4, -0.2) is 89.0 Å². The zero-order valence-electron chi connectivity index (χ0n) is 22.8. The second-order valence-corrected chi connectivity index (χ2v) is 11.9. The van der Waals surface area contributed by atoms with E-state index in [1.807, 2.05) is 23.2 Å². The smallest absolute Gasteiger partial charge is 0.254 e. The van der Waals surface area contributed by atoms with E-state index in [-0.39, 0.29) is 12.0 Å². The third-order valence-corrected chi connectivity index (χ3v) is 8.98. The first kappa shape index (κ1) is 24.9. The van der Waals surface area contributed by atoms with Crippen molar-refractivity contribution >= 4 is 16.8 Å². The van der Waals surface area contributed by atoms with Gasteiger partial charge in [0.25, 0.3) is 5.91 Å². The molecular formula is C31H38N6O2. The lowest BCUT2D eigenvalue weighted by Gasteiger charge is -2.31. The van der Waals surface area contributed by atoms with Gasteiger partial charge in [-0.05, 0) is 87.3 Å². The van der Waals surface area contributed by atoms with Crippen LogP contribution in [-0.2, 0) is 13.1 Å². The van der Waals surface area contributed by atoms with Crippen molar-refractivity contribution in [2.24, 2.45) is 0 Å². The lowest BCUT2D eigenvalue weighted by atomic mass is 10.1. The Labute approximate surface area is 230 Å². The molecule has 2 aromatic carbocycles. The number of carbonyl (C=O) groups excluding carboxylic acids is 1. The molecule has 39 heavy (non-hydrogen) atoms. The Hall–Kier alpha value is -3.07. The van der Waals surface area contributed by atoms with Gasteiger partial charge in [-0.1, -0.05) is 6.07 Å². The summed E-state index contributed by atoms with van der Waals surface area (Å²) in [6.07, 6.45) is 6.51. The quantitative estimate of drug-likeness (QED) is 0.528. The van der Waals surface area contributed by atoms with Crippen LogP contribution in [0.2, 0.25) is 0 Å². The molecule has 4 aliphatic heterocycles. The molecule has 0 radical (unpaired) electrons. The number of fused-ring (bicyclic) bond motifs is 2. The van der Waals surface area contributed by atoms with Crippen LogP contribution in [0.4, 0.5) is 0 Å². The summed E-state index contributed by atoms with van der Waals surface area (Å²) in [5, 5.41) is 4.54. The Bertz CT molecular complexity index is 1370. The third-order valence-electron chi connectivity index (χ3n) is 8.98. The summed E-state index contributed by atoms with van der Waals surface area (Å²) in [4.78, 5) is 29.4. The minimum Gasteiger partial charge on any atom is -0.489 e. The molecule has 1 amide bonds. The lowest BCUT2D eigenvalue weighted by molar-refractivity contribution is 0.0674. The highest BCUT2D eigenvalue weighted by Crippen LogP contribution is 2.31. The van der Waals surface area contributed by atoms with E-state index < -0.39 is 0 Å². The first-order valence-corrected chi connectivity index (χ1v) is 14.6. The molecule has 3 saturated heterocycles. The number of likely N-dealkylation sites (tertiary alicyclic amines) is 2. The number of piperidine rings is 1. The molecule has 8 nitrogen and oxygen atoms in total. The first-order valence-electron chi connectivity index (χ1n) is 14.6. The van der Waals surface area contributed by atoms with E-state index in [1.54, 1.807) is 0 Å². The van der Waals surface area contributed by atoms with Gasteiger partial charge in [-0.25, -0.2) is 9.97 Å². The van der Waals surface area contributed by atoms with E-state index in [1.165, 1.54) is 5.56 Å². The maximum absolute atomic E-state index is 13.0. The fourth-order valence-corrected chi connectivity index (χ4v) is 6.81. The molecule has 0 bridgehead atoms. The van der Waals surface area contributed by atoms with Gasteiger partial charge < -0.3 is 19.9 Å². The van der Waals surface area contributed by atoms with E-state index in [2.05, 4.69) is 46.4 Å². The van der Waals surface area contributed by atoms with Gasteiger partial charge in [-0.2, -0.15) is 0 Å². The Kier molecular flexibility index (Phi) is 6.70. The van der Waals surface area contributed by atoms with E-state index in [4.69, 9.17) is 14.7 Å². The molecule has 7 rings (SSSR count). The maximum Gasteiger partial charge on any atom is 0.254 e. The standard InChI is InChI=1S/C31H38N6O2/c1-35-11-8-22(18-35)30-33-15-23-13-21(4-7-29(23)34-30)17-36-12-9-27(20-36)39-26-5-6-28-24(14-26)19-37(31(28)38)25-3-2-10-32-16-25/h4-7,13-15,22,25,27,32H,2-3,8-12,16-20H2,1H3/t22-,25?,27+/m1/s1. The number of likely N-dealkylation sites (N-methyl/N-ethyl adjacent to an activating group) is 1. The number of benzene rings is 2. The molecule has 0 aliphatic carbocycles. The third kappa shape index (κ3) is 5.13. The summed E-state index contributed by atoms with van der Waals surface area (Å²) in [7, 11) is 2.17. The molecule has 1 aromatic heterocycles. The van der Waals surface area contributed by atoms with Gasteiger partial charge in [0.1, 0.15) is 17.7 Å². The van der Waals surface area contributed by atoms with Gasteiger partial charge in [0, 0.05) is 68.4 Å². The summed E-state index contributed by atoms with van der Waals surface area (Å²) in [6.45, 7) is 7.61. The highest BCUT2D eigenvalue weighted by molar-refractivity contribution is 5.98. The predicted octanol–water partition coefficient (Wildman–Crippen LogP) is 3.41. The number of nitrogens with one attached hydrogen (secondary N) is 1. The van der Waals surface area contributed by atoms with Crippen LogP contribution in [0.25, 0.3) is 10.9 Å². The summed E-state index contributed by atoms with van der Waals surface area (Å²) in [5.41, 5.74) is 4.26. The second-order valence-electron chi connectivity index (χ2n) is 11.9. The van der Waals surface area contributed by atoms with E-state index >= 15 is 0 Å². The average molecular weight is 527 g/mol. The summed E-state index contributed by atoms with van der Waals surface area (Å²) in [6, 6.07) is 12.9. The normalized spacial score (nSPS) is 26.0. The highest BCUT2D eigenvalue weighted by Gasteiger charge is 2.34. The number of rotatable bonds is 6. The molecule has 5 heterocycles. The fourth-order valence-electron chi connectivity index (χ4n) is 6.81. The second kappa shape index (κ2) is 10.5. The van der Waals surface area contributed by atoms with Crippen LogP contribution in [0.3, 0.4) is 0 Å². The van der Waals surface area contributed by atoms with Crippen LogP contribution >= 0.6 is 0 Å². The topological polar surface area (TPSA) is 73.8 Å². The molecule has 204 valence electrons. The summed E-state index contributed by atoms with van der Waals surface area (Å²) >= 11 is 0. The largest absolute Gasteiger partial charge is 0.489 e. The van der Waals surface area contributed by atoms with Gasteiger partial charge in [0.2, 0.25) is 0 Å². The highest BCUT2D eigenvalue weighted by atomic mass is 16.5. The molecule has 3 atom stereocenters. The zero-order chi connectivity index (χ0) is 26.3. The molecule has 4 aliphatic rings. The van der Waals surface area contributed by atoms with Gasteiger partial charge in [-0.3, -0.25) is 9.69 Å². The number of amides is 1. The van der Waals surface area contributed by atoms with Gasteiger partial charge in [-0.15, -0.1) is 0 Å². The molecule has 8 heteroatoms. The predicted molar refractivity (Wildman–Crippen MR) is 151 cm³/mol. The van der Waals surface area contributed by atoms with Crippen molar-refractivity contribution in [1.29, 1.82) is 0 Å². The van der Waals surface area contributed by atoms with Gasteiger partial charge in [0.15, 0.2) is 0 Å².